The molecule has 41 heavy (non-hydrogen) atoms. The van der Waals surface area contributed by atoms with Crippen LogP contribution in [-0.4, -0.2) is 95.0 Å². The van der Waals surface area contributed by atoms with E-state index in [0.29, 0.717) is 44.1 Å². The van der Waals surface area contributed by atoms with Crippen LogP contribution in [0.15, 0.2) is 30.7 Å². The molecule has 0 unspecified atom stereocenters. The Morgan fingerprint density at radius 3 is 2.46 bits per heavy atom. The van der Waals surface area contributed by atoms with Crippen LogP contribution < -0.4 is 4.74 Å². The summed E-state index contributed by atoms with van der Waals surface area (Å²) in [5.41, 5.74) is 2.10. The van der Waals surface area contributed by atoms with Crippen LogP contribution in [0.25, 0.3) is 22.3 Å². The zero-order chi connectivity index (χ0) is 29.6. The molecule has 0 aromatic carbocycles. The van der Waals surface area contributed by atoms with E-state index in [2.05, 4.69) is 39.5 Å². The van der Waals surface area contributed by atoms with Gasteiger partial charge in [0.15, 0.2) is 0 Å². The maximum absolute atomic E-state index is 12.3. The first kappa shape index (κ1) is 31.2. The smallest absolute Gasteiger partial charge is 0.410 e. The molecule has 1 saturated heterocycles. The molecule has 224 valence electrons. The molecule has 1 aliphatic heterocycles. The molecule has 0 radical (unpaired) electrons. The molecule has 12 heteroatoms. The SMILES string of the molecule is CC(C)(C)OC(=O)N1CCN(CCCOc2ccc(-c3cc4c(Cl)ncnc4n3COCC[Si](C)(C)C)cn2)CC1. The molecule has 4 rings (SSSR count). The molecular formula is C29H43ClN6O4Si. The number of piperazine rings is 1. The van der Waals surface area contributed by atoms with Crippen molar-refractivity contribution in [2.45, 2.75) is 65.2 Å². The van der Waals surface area contributed by atoms with E-state index in [1.165, 1.54) is 6.33 Å². The first-order chi connectivity index (χ1) is 19.4. The maximum atomic E-state index is 12.3. The number of amides is 1. The van der Waals surface area contributed by atoms with Crippen molar-refractivity contribution < 1.29 is 19.0 Å². The van der Waals surface area contributed by atoms with Crippen LogP contribution in [0.4, 0.5) is 4.79 Å². The van der Waals surface area contributed by atoms with Gasteiger partial charge in [-0.1, -0.05) is 31.2 Å². The van der Waals surface area contributed by atoms with Gasteiger partial charge in [0.2, 0.25) is 5.88 Å². The Kier molecular flexibility index (Phi) is 10.3. The fourth-order valence-electron chi connectivity index (χ4n) is 4.50. The molecule has 0 saturated carbocycles. The molecular weight excluding hydrogens is 560 g/mol. The van der Waals surface area contributed by atoms with Crippen LogP contribution in [0.1, 0.15) is 27.2 Å². The second kappa shape index (κ2) is 13.5. The second-order valence-electron chi connectivity index (χ2n) is 12.6. The minimum atomic E-state index is -1.19. The lowest BCUT2D eigenvalue weighted by Crippen LogP contribution is -2.50. The summed E-state index contributed by atoms with van der Waals surface area (Å²) in [4.78, 5) is 29.6. The normalized spacial score (nSPS) is 15.0. The first-order valence-corrected chi connectivity index (χ1v) is 18.4. The average molecular weight is 603 g/mol. The Bertz CT molecular complexity index is 1300. The number of halogens is 1. The number of rotatable bonds is 11. The third-order valence-corrected chi connectivity index (χ3v) is 8.79. The van der Waals surface area contributed by atoms with E-state index in [9.17, 15) is 4.79 Å². The van der Waals surface area contributed by atoms with Gasteiger partial charge in [-0.3, -0.25) is 4.90 Å². The predicted molar refractivity (Wildman–Crippen MR) is 164 cm³/mol. The molecule has 0 aliphatic carbocycles. The molecule has 0 bridgehead atoms. The molecule has 4 heterocycles. The van der Waals surface area contributed by atoms with E-state index in [0.717, 1.165) is 54.4 Å². The van der Waals surface area contributed by atoms with E-state index >= 15 is 0 Å². The van der Waals surface area contributed by atoms with Gasteiger partial charge in [-0.05, 0) is 45.4 Å². The van der Waals surface area contributed by atoms with Gasteiger partial charge in [0.05, 0.1) is 17.7 Å². The highest BCUT2D eigenvalue weighted by Crippen LogP contribution is 2.30. The number of fused-ring (bicyclic) bond motifs is 1. The van der Waals surface area contributed by atoms with Gasteiger partial charge in [-0.25, -0.2) is 19.7 Å². The Morgan fingerprint density at radius 1 is 1.05 bits per heavy atom. The van der Waals surface area contributed by atoms with Crippen molar-refractivity contribution in [3.8, 4) is 17.1 Å². The predicted octanol–water partition coefficient (Wildman–Crippen LogP) is 5.78. The summed E-state index contributed by atoms with van der Waals surface area (Å²) in [5, 5.41) is 1.20. The number of carbonyl (C=O) groups is 1. The van der Waals surface area contributed by atoms with Crippen LogP contribution in [0.3, 0.4) is 0 Å². The lowest BCUT2D eigenvalue weighted by molar-refractivity contribution is 0.0142. The summed E-state index contributed by atoms with van der Waals surface area (Å²) >= 11 is 6.39. The van der Waals surface area contributed by atoms with Crippen LogP contribution in [-0.2, 0) is 16.2 Å². The van der Waals surface area contributed by atoms with Crippen molar-refractivity contribution >= 4 is 36.8 Å². The number of ether oxygens (including phenoxy) is 3. The number of carbonyl (C=O) groups excluding carboxylic acids is 1. The number of hydrogen-bond donors (Lipinski definition) is 0. The first-order valence-electron chi connectivity index (χ1n) is 14.3. The van der Waals surface area contributed by atoms with Gasteiger partial charge >= 0.3 is 6.09 Å². The Morgan fingerprint density at radius 2 is 1.80 bits per heavy atom. The van der Waals surface area contributed by atoms with Crippen molar-refractivity contribution in [3.05, 3.63) is 35.9 Å². The Labute approximate surface area is 249 Å². The molecule has 1 aliphatic rings. The van der Waals surface area contributed by atoms with Gasteiger partial charge in [-0.2, -0.15) is 0 Å². The molecule has 0 N–H and O–H groups in total. The Hall–Kier alpha value is -2.73. The fraction of sp³-hybridized carbons (Fsp3) is 0.586. The topological polar surface area (TPSA) is 94.8 Å². The van der Waals surface area contributed by atoms with Crippen molar-refractivity contribution in [1.82, 2.24) is 29.3 Å². The molecule has 0 spiro atoms. The average Bonchev–Trinajstić information content (AvgIpc) is 3.28. The van der Waals surface area contributed by atoms with E-state index < -0.39 is 13.7 Å². The summed E-state index contributed by atoms with van der Waals surface area (Å²) in [5.74, 6) is 0.579. The summed E-state index contributed by atoms with van der Waals surface area (Å²) in [6.45, 7) is 18.2. The largest absolute Gasteiger partial charge is 0.478 e. The van der Waals surface area contributed by atoms with Crippen molar-refractivity contribution in [1.29, 1.82) is 0 Å². The monoisotopic (exact) mass is 602 g/mol. The third-order valence-electron chi connectivity index (χ3n) is 6.78. The standard InChI is InChI=1S/C29H43ClN6O4Si/c1-29(2,3)40-28(37)35-13-11-34(12-14-35)10-7-15-39-25-9-8-22(19-31-25)24-18-23-26(30)32-20-33-27(23)36(24)21-38-16-17-41(4,5)6/h8-9,18-20H,7,10-17,21H2,1-6H3. The quantitative estimate of drug-likeness (QED) is 0.155. The highest BCUT2D eigenvalue weighted by molar-refractivity contribution is 6.76. The second-order valence-corrected chi connectivity index (χ2v) is 18.6. The van der Waals surface area contributed by atoms with E-state index in [-0.39, 0.29) is 6.09 Å². The van der Waals surface area contributed by atoms with Gasteiger partial charge in [0.1, 0.15) is 29.5 Å². The molecule has 0 atom stereocenters. The van der Waals surface area contributed by atoms with Gasteiger partial charge in [0, 0.05) is 65.2 Å². The van der Waals surface area contributed by atoms with Crippen LogP contribution in [0.2, 0.25) is 30.8 Å². The van der Waals surface area contributed by atoms with E-state index in [4.69, 9.17) is 25.8 Å². The molecule has 10 nitrogen and oxygen atoms in total. The van der Waals surface area contributed by atoms with Crippen LogP contribution in [0.5, 0.6) is 5.88 Å². The summed E-state index contributed by atoms with van der Waals surface area (Å²) in [7, 11) is -1.19. The van der Waals surface area contributed by atoms with Crippen molar-refractivity contribution in [3.63, 3.8) is 0 Å². The van der Waals surface area contributed by atoms with Crippen LogP contribution >= 0.6 is 11.6 Å². The molecule has 3 aromatic heterocycles. The van der Waals surface area contributed by atoms with Crippen LogP contribution in [0, 0.1) is 0 Å². The van der Waals surface area contributed by atoms with Gasteiger partial charge < -0.3 is 23.7 Å². The zero-order valence-corrected chi connectivity index (χ0v) is 26.9. The number of aromatic nitrogens is 4. The lowest BCUT2D eigenvalue weighted by Gasteiger charge is -2.35. The summed E-state index contributed by atoms with van der Waals surface area (Å²) in [6.07, 6.45) is 3.92. The zero-order valence-electron chi connectivity index (χ0n) is 25.2. The maximum Gasteiger partial charge on any atom is 0.410 e. The molecule has 1 fully saturated rings. The Balaban J connectivity index is 1.28. The number of pyridine rings is 1. The molecule has 3 aromatic rings. The van der Waals surface area contributed by atoms with Crippen molar-refractivity contribution in [2.75, 3.05) is 45.9 Å². The minimum absolute atomic E-state index is 0.235. The van der Waals surface area contributed by atoms with Crippen molar-refractivity contribution in [2.24, 2.45) is 0 Å². The minimum Gasteiger partial charge on any atom is -0.478 e. The highest BCUT2D eigenvalue weighted by Gasteiger charge is 2.25. The third kappa shape index (κ3) is 9.13. The summed E-state index contributed by atoms with van der Waals surface area (Å²) in [6, 6.07) is 6.95. The summed E-state index contributed by atoms with van der Waals surface area (Å²) < 4.78 is 19.5. The van der Waals surface area contributed by atoms with E-state index in [1.807, 2.05) is 43.5 Å². The lowest BCUT2D eigenvalue weighted by atomic mass is 10.2. The van der Waals surface area contributed by atoms with E-state index in [1.54, 1.807) is 11.1 Å². The number of nitrogens with zero attached hydrogens (tertiary/aromatic N) is 6. The molecule has 1 amide bonds. The van der Waals surface area contributed by atoms with Gasteiger partial charge in [0.25, 0.3) is 0 Å². The van der Waals surface area contributed by atoms with Gasteiger partial charge in [-0.15, -0.1) is 0 Å². The fourth-order valence-corrected chi connectivity index (χ4v) is 5.44. The number of hydrogen-bond acceptors (Lipinski definition) is 8. The highest BCUT2D eigenvalue weighted by atomic mass is 35.5.